The number of sulfonamides is 1. The number of hydrogen-bond donors (Lipinski definition) is 1. The van der Waals surface area contributed by atoms with Crippen LogP contribution in [0.25, 0.3) is 0 Å². The number of esters is 1. The molecular weight excluding hydrogens is 347 g/mol. The van der Waals surface area contributed by atoms with E-state index in [0.717, 1.165) is 25.3 Å². The molecule has 1 saturated heterocycles. The summed E-state index contributed by atoms with van der Waals surface area (Å²) in [6.07, 6.45) is 1.30. The highest BCUT2D eigenvalue weighted by molar-refractivity contribution is 7.89. The average Bonchev–Trinajstić information content (AvgIpc) is 2.54. The van der Waals surface area contributed by atoms with Gasteiger partial charge >= 0.3 is 5.97 Å². The maximum Gasteiger partial charge on any atom is 0.339 e. The average molecular weight is 367 g/mol. The number of benzene rings is 1. The Bertz CT molecular complexity index is 661. The van der Waals surface area contributed by atoms with Crippen LogP contribution in [0.2, 0.25) is 0 Å². The van der Waals surface area contributed by atoms with E-state index in [1.807, 2.05) is 0 Å². The van der Waals surface area contributed by atoms with Crippen molar-refractivity contribution >= 4 is 28.4 Å². The molecule has 2 rings (SSSR count). The van der Waals surface area contributed by atoms with Crippen LogP contribution in [0.15, 0.2) is 23.1 Å². The molecule has 1 aromatic carbocycles. The first-order valence-electron chi connectivity index (χ1n) is 6.98. The minimum Gasteiger partial charge on any atom is -0.465 e. The van der Waals surface area contributed by atoms with Crippen molar-refractivity contribution in [3.8, 4) is 0 Å². The van der Waals surface area contributed by atoms with Gasteiger partial charge in [-0.3, -0.25) is 0 Å². The minimum absolute atomic E-state index is 0. The number of carbonyl (C=O) groups excluding carboxylic acids is 1. The van der Waals surface area contributed by atoms with Gasteiger partial charge < -0.3 is 10.5 Å². The largest absolute Gasteiger partial charge is 0.465 e. The van der Waals surface area contributed by atoms with E-state index < -0.39 is 21.8 Å². The van der Waals surface area contributed by atoms with Crippen molar-refractivity contribution in [3.63, 3.8) is 0 Å². The number of carbonyl (C=O) groups is 1. The molecule has 130 valence electrons. The molecule has 0 atom stereocenters. The molecule has 1 aliphatic heterocycles. The number of ether oxygens (including phenoxy) is 1. The molecule has 2 N–H and O–H groups in total. The van der Waals surface area contributed by atoms with Gasteiger partial charge in [-0.1, -0.05) is 0 Å². The van der Waals surface area contributed by atoms with Crippen LogP contribution >= 0.6 is 12.4 Å². The summed E-state index contributed by atoms with van der Waals surface area (Å²) >= 11 is 0. The predicted molar refractivity (Wildman–Crippen MR) is 85.5 cm³/mol. The van der Waals surface area contributed by atoms with Crippen LogP contribution in [-0.2, 0) is 14.8 Å². The molecular formula is C14H20ClFN2O4S. The standard InChI is InChI=1S/C14H19FN2O4S.ClH/c1-21-14(18)12-3-2-11(15)8-13(12)22(19,20)17-6-4-10(9-16)5-7-17;/h2-3,8,10H,4-7,9,16H2,1H3;1H. The number of rotatable bonds is 4. The zero-order chi connectivity index (χ0) is 16.3. The van der Waals surface area contributed by atoms with Gasteiger partial charge in [0.2, 0.25) is 10.0 Å². The van der Waals surface area contributed by atoms with Gasteiger partial charge in [0.25, 0.3) is 0 Å². The lowest BCUT2D eigenvalue weighted by atomic mass is 9.99. The van der Waals surface area contributed by atoms with E-state index in [2.05, 4.69) is 4.74 Å². The zero-order valence-electron chi connectivity index (χ0n) is 12.7. The van der Waals surface area contributed by atoms with Crippen LogP contribution < -0.4 is 5.73 Å². The second kappa shape index (κ2) is 8.05. The molecule has 9 heteroatoms. The van der Waals surface area contributed by atoms with Gasteiger partial charge in [0, 0.05) is 13.1 Å². The monoisotopic (exact) mass is 366 g/mol. The second-order valence-corrected chi connectivity index (χ2v) is 7.12. The van der Waals surface area contributed by atoms with E-state index in [1.54, 1.807) is 0 Å². The van der Waals surface area contributed by atoms with Gasteiger partial charge in [-0.2, -0.15) is 4.31 Å². The van der Waals surface area contributed by atoms with Crippen molar-refractivity contribution in [2.24, 2.45) is 11.7 Å². The lowest BCUT2D eigenvalue weighted by Crippen LogP contribution is -2.40. The first-order chi connectivity index (χ1) is 10.4. The van der Waals surface area contributed by atoms with Gasteiger partial charge in [-0.25, -0.2) is 17.6 Å². The van der Waals surface area contributed by atoms with Crippen molar-refractivity contribution in [2.45, 2.75) is 17.7 Å². The topological polar surface area (TPSA) is 89.7 Å². The van der Waals surface area contributed by atoms with Crippen LogP contribution in [0, 0.1) is 11.7 Å². The minimum atomic E-state index is -3.95. The molecule has 1 aromatic rings. The fourth-order valence-corrected chi connectivity index (χ4v) is 4.17. The van der Waals surface area contributed by atoms with Crippen LogP contribution in [0.5, 0.6) is 0 Å². The van der Waals surface area contributed by atoms with Gasteiger partial charge in [-0.15, -0.1) is 12.4 Å². The molecule has 1 aliphatic rings. The van der Waals surface area contributed by atoms with Gasteiger partial charge in [0.1, 0.15) is 5.82 Å². The SMILES string of the molecule is COC(=O)c1ccc(F)cc1S(=O)(=O)N1CCC(CN)CC1.Cl. The summed E-state index contributed by atoms with van der Waals surface area (Å²) in [5.41, 5.74) is 5.43. The normalized spacial score (nSPS) is 16.7. The van der Waals surface area contributed by atoms with Crippen molar-refractivity contribution in [2.75, 3.05) is 26.7 Å². The Morgan fingerprint density at radius 1 is 1.39 bits per heavy atom. The number of methoxy groups -OCH3 is 1. The fraction of sp³-hybridized carbons (Fsp3) is 0.500. The van der Waals surface area contributed by atoms with Crippen LogP contribution in [0.3, 0.4) is 0 Å². The molecule has 0 bridgehead atoms. The Morgan fingerprint density at radius 3 is 2.52 bits per heavy atom. The summed E-state index contributed by atoms with van der Waals surface area (Å²) in [7, 11) is -2.80. The highest BCUT2D eigenvalue weighted by atomic mass is 35.5. The van der Waals surface area contributed by atoms with Crippen molar-refractivity contribution in [1.29, 1.82) is 0 Å². The summed E-state index contributed by atoms with van der Waals surface area (Å²) in [5.74, 6) is -1.24. The Hall–Kier alpha value is -1.22. The van der Waals surface area contributed by atoms with E-state index in [1.165, 1.54) is 4.31 Å². The molecule has 0 spiro atoms. The molecule has 0 saturated carbocycles. The summed E-state index contributed by atoms with van der Waals surface area (Å²) in [6.45, 7) is 1.13. The zero-order valence-corrected chi connectivity index (χ0v) is 14.3. The van der Waals surface area contributed by atoms with E-state index in [4.69, 9.17) is 5.73 Å². The third-order valence-electron chi connectivity index (χ3n) is 3.87. The lowest BCUT2D eigenvalue weighted by Gasteiger charge is -2.30. The number of halogens is 2. The first-order valence-corrected chi connectivity index (χ1v) is 8.42. The molecule has 0 radical (unpaired) electrons. The number of nitrogens with two attached hydrogens (primary N) is 1. The van der Waals surface area contributed by atoms with Gasteiger partial charge in [0.05, 0.1) is 17.6 Å². The van der Waals surface area contributed by atoms with Crippen molar-refractivity contribution in [1.82, 2.24) is 4.31 Å². The third kappa shape index (κ3) is 4.20. The van der Waals surface area contributed by atoms with Crippen LogP contribution in [-0.4, -0.2) is 45.4 Å². The van der Waals surface area contributed by atoms with E-state index in [-0.39, 0.29) is 22.9 Å². The number of hydrogen-bond acceptors (Lipinski definition) is 5. The van der Waals surface area contributed by atoms with Gasteiger partial charge in [0.15, 0.2) is 0 Å². The summed E-state index contributed by atoms with van der Waals surface area (Å²) in [5, 5.41) is 0. The van der Waals surface area contributed by atoms with E-state index in [9.17, 15) is 17.6 Å². The third-order valence-corrected chi connectivity index (χ3v) is 5.81. The molecule has 0 aliphatic carbocycles. The number of nitrogens with zero attached hydrogens (tertiary/aromatic N) is 1. The molecule has 0 aromatic heterocycles. The van der Waals surface area contributed by atoms with Gasteiger partial charge in [-0.05, 0) is 43.5 Å². The first kappa shape index (κ1) is 19.8. The van der Waals surface area contributed by atoms with E-state index in [0.29, 0.717) is 38.4 Å². The van der Waals surface area contributed by atoms with Crippen molar-refractivity contribution in [3.05, 3.63) is 29.6 Å². The summed E-state index contributed by atoms with van der Waals surface area (Å²) in [6, 6.07) is 3.02. The summed E-state index contributed by atoms with van der Waals surface area (Å²) in [4.78, 5) is 11.4. The molecule has 0 amide bonds. The number of piperidine rings is 1. The highest BCUT2D eigenvalue weighted by Gasteiger charge is 2.32. The second-order valence-electron chi connectivity index (χ2n) is 5.22. The maximum atomic E-state index is 13.5. The quantitative estimate of drug-likeness (QED) is 0.813. The van der Waals surface area contributed by atoms with E-state index >= 15 is 0 Å². The Morgan fingerprint density at radius 2 is 2.00 bits per heavy atom. The van der Waals surface area contributed by atoms with Crippen molar-refractivity contribution < 1.29 is 22.3 Å². The summed E-state index contributed by atoms with van der Waals surface area (Å²) < 4.78 is 44.7. The Kier molecular flexibility index (Phi) is 6.94. The Labute approximate surface area is 141 Å². The smallest absolute Gasteiger partial charge is 0.339 e. The maximum absolute atomic E-state index is 13.5. The highest BCUT2D eigenvalue weighted by Crippen LogP contribution is 2.26. The lowest BCUT2D eigenvalue weighted by molar-refractivity contribution is 0.0596. The predicted octanol–water partition coefficient (Wildman–Crippen LogP) is 1.39. The Balaban J connectivity index is 0.00000264. The van der Waals surface area contributed by atoms with Crippen LogP contribution in [0.4, 0.5) is 4.39 Å². The molecule has 1 fully saturated rings. The molecule has 23 heavy (non-hydrogen) atoms. The van der Waals surface area contributed by atoms with Crippen LogP contribution in [0.1, 0.15) is 23.2 Å². The molecule has 0 unspecified atom stereocenters. The molecule has 1 heterocycles. The molecule has 6 nitrogen and oxygen atoms in total. The fourth-order valence-electron chi connectivity index (χ4n) is 2.51.